The molecule has 0 fully saturated rings. The van der Waals surface area contributed by atoms with Crippen LogP contribution in [0.25, 0.3) is 0 Å². The number of nitrogens with one attached hydrogen (secondary N) is 2. The maximum absolute atomic E-state index is 11.0. The van der Waals surface area contributed by atoms with Crippen LogP contribution in [0.5, 0.6) is 0 Å². The normalized spacial score (nSPS) is 24.4. The Morgan fingerprint density at radius 2 is 2.10 bits per heavy atom. The average Bonchev–Trinajstić information content (AvgIpc) is 2.86. The van der Waals surface area contributed by atoms with Gasteiger partial charge in [0.2, 0.25) is 5.91 Å². The molecule has 0 bridgehead atoms. The number of rotatable bonds is 10. The van der Waals surface area contributed by atoms with Gasteiger partial charge in [0.25, 0.3) is 0 Å². The molecule has 4 nitrogen and oxygen atoms in total. The SMILES string of the molecule is CCC/C=C/CCCC1NC=C[N+]1(CC)CCNC(C)=O. The number of nitrogens with zero attached hydrogens (tertiary/aromatic N) is 1. The molecule has 1 rings (SSSR count). The second-order valence-electron chi connectivity index (χ2n) is 5.81. The van der Waals surface area contributed by atoms with E-state index in [1.807, 2.05) is 0 Å². The Bertz CT molecular complexity index is 365. The molecule has 0 spiro atoms. The molecule has 21 heavy (non-hydrogen) atoms. The topological polar surface area (TPSA) is 41.1 Å². The van der Waals surface area contributed by atoms with Gasteiger partial charge in [-0.05, 0) is 26.2 Å². The van der Waals surface area contributed by atoms with Gasteiger partial charge in [0.05, 0.1) is 19.3 Å². The van der Waals surface area contributed by atoms with Crippen molar-refractivity contribution in [1.29, 1.82) is 0 Å². The van der Waals surface area contributed by atoms with E-state index in [2.05, 4.69) is 49.0 Å². The van der Waals surface area contributed by atoms with E-state index in [0.29, 0.717) is 6.17 Å². The van der Waals surface area contributed by atoms with Crippen molar-refractivity contribution in [2.24, 2.45) is 0 Å². The minimum Gasteiger partial charge on any atom is -0.351 e. The molecule has 0 aromatic carbocycles. The van der Waals surface area contributed by atoms with Gasteiger partial charge in [-0.15, -0.1) is 0 Å². The second-order valence-corrected chi connectivity index (χ2v) is 5.81. The van der Waals surface area contributed by atoms with Crippen molar-refractivity contribution >= 4 is 5.91 Å². The Morgan fingerprint density at radius 3 is 2.76 bits per heavy atom. The number of allylic oxidation sites excluding steroid dienone is 2. The van der Waals surface area contributed by atoms with E-state index in [-0.39, 0.29) is 5.91 Å². The van der Waals surface area contributed by atoms with E-state index < -0.39 is 0 Å². The molecule has 0 aromatic heterocycles. The van der Waals surface area contributed by atoms with E-state index in [1.165, 1.54) is 19.3 Å². The van der Waals surface area contributed by atoms with Crippen molar-refractivity contribution < 1.29 is 9.28 Å². The zero-order valence-corrected chi connectivity index (χ0v) is 13.9. The molecule has 0 aromatic rings. The van der Waals surface area contributed by atoms with Crippen molar-refractivity contribution in [1.82, 2.24) is 10.6 Å². The zero-order valence-electron chi connectivity index (χ0n) is 13.9. The number of carbonyl (C=O) groups is 1. The number of unbranched alkanes of at least 4 members (excludes halogenated alkanes) is 2. The molecule has 2 atom stereocenters. The number of amides is 1. The first-order chi connectivity index (χ1) is 10.1. The van der Waals surface area contributed by atoms with Gasteiger partial charge in [-0.25, -0.2) is 0 Å². The van der Waals surface area contributed by atoms with Gasteiger partial charge in [-0.3, -0.25) is 9.28 Å². The lowest BCUT2D eigenvalue weighted by atomic mass is 10.1. The summed E-state index contributed by atoms with van der Waals surface area (Å²) >= 11 is 0. The van der Waals surface area contributed by atoms with Gasteiger partial charge in [-0.2, -0.15) is 0 Å². The predicted molar refractivity (Wildman–Crippen MR) is 88.3 cm³/mol. The van der Waals surface area contributed by atoms with Gasteiger partial charge < -0.3 is 10.6 Å². The summed E-state index contributed by atoms with van der Waals surface area (Å²) in [5.74, 6) is 0.0537. The van der Waals surface area contributed by atoms with Crippen molar-refractivity contribution in [2.45, 2.75) is 59.0 Å². The van der Waals surface area contributed by atoms with Crippen LogP contribution in [-0.4, -0.2) is 36.2 Å². The van der Waals surface area contributed by atoms with E-state index >= 15 is 0 Å². The minimum absolute atomic E-state index is 0.0537. The first-order valence-electron chi connectivity index (χ1n) is 8.34. The molecule has 120 valence electrons. The van der Waals surface area contributed by atoms with Crippen LogP contribution in [0.2, 0.25) is 0 Å². The third-order valence-corrected chi connectivity index (χ3v) is 4.24. The van der Waals surface area contributed by atoms with Crippen molar-refractivity contribution in [2.75, 3.05) is 19.6 Å². The number of hydrogen-bond acceptors (Lipinski definition) is 2. The number of carbonyl (C=O) groups excluding carboxylic acids is 1. The lowest BCUT2D eigenvalue weighted by Crippen LogP contribution is -2.55. The van der Waals surface area contributed by atoms with E-state index in [0.717, 1.165) is 37.0 Å². The van der Waals surface area contributed by atoms with Crippen molar-refractivity contribution in [3.63, 3.8) is 0 Å². The molecule has 2 N–H and O–H groups in total. The molecule has 1 heterocycles. The summed E-state index contributed by atoms with van der Waals surface area (Å²) < 4.78 is 0.930. The monoisotopic (exact) mass is 294 g/mol. The molecule has 4 heteroatoms. The van der Waals surface area contributed by atoms with Crippen LogP contribution in [0.1, 0.15) is 52.9 Å². The molecular formula is C17H32N3O+. The highest BCUT2D eigenvalue weighted by Gasteiger charge is 2.35. The van der Waals surface area contributed by atoms with Crippen LogP contribution in [-0.2, 0) is 4.79 Å². The zero-order chi connectivity index (χ0) is 15.6. The Balaban J connectivity index is 2.39. The Morgan fingerprint density at radius 1 is 1.33 bits per heavy atom. The van der Waals surface area contributed by atoms with Gasteiger partial charge in [0.1, 0.15) is 12.7 Å². The molecule has 0 saturated heterocycles. The second kappa shape index (κ2) is 9.61. The Labute approximate surface area is 129 Å². The molecule has 0 saturated carbocycles. The summed E-state index contributed by atoms with van der Waals surface area (Å²) in [5.41, 5.74) is 0. The van der Waals surface area contributed by atoms with Gasteiger partial charge >= 0.3 is 0 Å². The summed E-state index contributed by atoms with van der Waals surface area (Å²) in [5, 5.41) is 6.41. The lowest BCUT2D eigenvalue weighted by Gasteiger charge is -2.37. The highest BCUT2D eigenvalue weighted by atomic mass is 16.1. The fraction of sp³-hybridized carbons (Fsp3) is 0.706. The van der Waals surface area contributed by atoms with Gasteiger partial charge in [0, 0.05) is 13.3 Å². The maximum atomic E-state index is 11.0. The number of hydrogen-bond donors (Lipinski definition) is 2. The van der Waals surface area contributed by atoms with Crippen LogP contribution in [0.4, 0.5) is 0 Å². The fourth-order valence-electron chi connectivity index (χ4n) is 2.88. The Hall–Kier alpha value is -1.29. The molecule has 2 unspecified atom stereocenters. The van der Waals surface area contributed by atoms with Crippen LogP contribution >= 0.6 is 0 Å². The van der Waals surface area contributed by atoms with Crippen LogP contribution in [0.3, 0.4) is 0 Å². The highest BCUT2D eigenvalue weighted by molar-refractivity contribution is 5.72. The van der Waals surface area contributed by atoms with E-state index in [9.17, 15) is 4.79 Å². The largest absolute Gasteiger partial charge is 0.351 e. The van der Waals surface area contributed by atoms with Crippen molar-refractivity contribution in [3.05, 3.63) is 24.6 Å². The summed E-state index contributed by atoms with van der Waals surface area (Å²) in [7, 11) is 0. The fourth-order valence-corrected chi connectivity index (χ4v) is 2.88. The van der Waals surface area contributed by atoms with E-state index in [4.69, 9.17) is 0 Å². The Kier molecular flexibility index (Phi) is 8.13. The lowest BCUT2D eigenvalue weighted by molar-refractivity contribution is -0.898. The predicted octanol–water partition coefficient (Wildman–Crippen LogP) is 2.89. The number of likely N-dealkylation sites (N-methyl/N-ethyl adjacent to an activating group) is 1. The van der Waals surface area contributed by atoms with Gasteiger partial charge in [-0.1, -0.05) is 25.5 Å². The molecule has 0 aliphatic carbocycles. The number of quaternary nitrogens is 1. The standard InChI is InChI=1S/C17H31N3O/c1-4-6-7-8-9-10-11-17-19-13-15-20(17,5-2)14-12-18-16(3)21/h7-8,13,15,17,19H,4-6,9-12,14H2,1-3H3/p+1/b8-7+. The van der Waals surface area contributed by atoms with Crippen LogP contribution < -0.4 is 10.6 Å². The third kappa shape index (κ3) is 5.92. The molecular weight excluding hydrogens is 262 g/mol. The van der Waals surface area contributed by atoms with Crippen LogP contribution in [0.15, 0.2) is 24.6 Å². The van der Waals surface area contributed by atoms with E-state index in [1.54, 1.807) is 6.92 Å². The molecule has 0 radical (unpaired) electrons. The summed E-state index contributed by atoms with van der Waals surface area (Å²) in [6.07, 6.45) is 15.3. The quantitative estimate of drug-likeness (QED) is 0.369. The molecule has 1 amide bonds. The summed E-state index contributed by atoms with van der Waals surface area (Å²) in [4.78, 5) is 11.0. The first kappa shape index (κ1) is 17.8. The summed E-state index contributed by atoms with van der Waals surface area (Å²) in [6.45, 7) is 8.76. The van der Waals surface area contributed by atoms with Gasteiger partial charge in [0.15, 0.2) is 6.17 Å². The van der Waals surface area contributed by atoms with Crippen molar-refractivity contribution in [3.8, 4) is 0 Å². The summed E-state index contributed by atoms with van der Waals surface area (Å²) in [6, 6.07) is 0. The molecule has 1 aliphatic rings. The molecule has 1 aliphatic heterocycles. The third-order valence-electron chi connectivity index (χ3n) is 4.24. The van der Waals surface area contributed by atoms with Crippen LogP contribution in [0, 0.1) is 0 Å². The smallest absolute Gasteiger partial charge is 0.217 e. The highest BCUT2D eigenvalue weighted by Crippen LogP contribution is 2.22. The minimum atomic E-state index is 0.0537. The first-order valence-corrected chi connectivity index (χ1v) is 8.34. The maximum Gasteiger partial charge on any atom is 0.217 e. The average molecular weight is 294 g/mol.